The molecule has 84 valence electrons. The van der Waals surface area contributed by atoms with Crippen molar-refractivity contribution in [1.82, 2.24) is 4.90 Å². The lowest BCUT2D eigenvalue weighted by atomic mass is 9.90. The van der Waals surface area contributed by atoms with E-state index in [2.05, 4.69) is 18.7 Å². The average molecular weight is 198 g/mol. The number of hydrogen-bond donors (Lipinski definition) is 1. The molecule has 0 amide bonds. The Hall–Kier alpha value is -0.0800. The minimum atomic E-state index is 0.815. The second-order valence-electron chi connectivity index (χ2n) is 4.76. The van der Waals surface area contributed by atoms with E-state index < -0.39 is 0 Å². The van der Waals surface area contributed by atoms with Crippen LogP contribution in [0.5, 0.6) is 0 Å². The molecular weight excluding hydrogens is 172 g/mol. The first-order chi connectivity index (χ1) is 6.77. The molecule has 1 rings (SSSR count). The van der Waals surface area contributed by atoms with Crippen LogP contribution in [0, 0.1) is 5.92 Å². The molecule has 0 aromatic carbocycles. The van der Waals surface area contributed by atoms with Crippen LogP contribution in [0.3, 0.4) is 0 Å². The molecule has 0 heterocycles. The highest BCUT2D eigenvalue weighted by Crippen LogP contribution is 2.25. The van der Waals surface area contributed by atoms with Crippen LogP contribution in [0.4, 0.5) is 0 Å². The van der Waals surface area contributed by atoms with Gasteiger partial charge in [0.05, 0.1) is 0 Å². The van der Waals surface area contributed by atoms with Crippen LogP contribution in [0.25, 0.3) is 0 Å². The quantitative estimate of drug-likeness (QED) is 0.680. The molecule has 1 saturated carbocycles. The maximum absolute atomic E-state index is 5.65. The number of nitrogens with two attached hydrogens (primary N) is 1. The van der Waals surface area contributed by atoms with Crippen molar-refractivity contribution in [3.05, 3.63) is 0 Å². The average Bonchev–Trinajstić information content (AvgIpc) is 2.01. The second-order valence-corrected chi connectivity index (χ2v) is 4.76. The third kappa shape index (κ3) is 3.58. The lowest BCUT2D eigenvalue weighted by molar-refractivity contribution is 0.112. The maximum atomic E-state index is 5.65. The monoisotopic (exact) mass is 198 g/mol. The number of hydrogen-bond acceptors (Lipinski definition) is 2. The molecule has 1 unspecified atom stereocenters. The molecule has 2 heteroatoms. The highest BCUT2D eigenvalue weighted by molar-refractivity contribution is 4.81. The molecule has 0 aromatic heterocycles. The first kappa shape index (κ1) is 12.0. The molecule has 1 aliphatic rings. The molecule has 2 nitrogen and oxygen atoms in total. The van der Waals surface area contributed by atoms with Crippen molar-refractivity contribution in [2.75, 3.05) is 19.6 Å². The SMILES string of the molecule is CCCC(C)CN(CCN)C1CCC1. The molecule has 0 aliphatic heterocycles. The van der Waals surface area contributed by atoms with E-state index in [-0.39, 0.29) is 0 Å². The van der Waals surface area contributed by atoms with E-state index in [1.54, 1.807) is 0 Å². The summed E-state index contributed by atoms with van der Waals surface area (Å²) in [6.07, 6.45) is 6.89. The Kier molecular flexibility index (Phi) is 5.49. The van der Waals surface area contributed by atoms with Crippen molar-refractivity contribution in [3.8, 4) is 0 Å². The fourth-order valence-electron chi connectivity index (χ4n) is 2.33. The summed E-state index contributed by atoms with van der Waals surface area (Å²) in [7, 11) is 0. The van der Waals surface area contributed by atoms with Gasteiger partial charge in [-0.05, 0) is 25.2 Å². The molecule has 2 N–H and O–H groups in total. The van der Waals surface area contributed by atoms with E-state index in [9.17, 15) is 0 Å². The summed E-state index contributed by atoms with van der Waals surface area (Å²) in [6, 6.07) is 0.859. The molecule has 0 radical (unpaired) electrons. The summed E-state index contributed by atoms with van der Waals surface area (Å²) >= 11 is 0. The molecule has 1 atom stereocenters. The van der Waals surface area contributed by atoms with Crippen LogP contribution in [0.15, 0.2) is 0 Å². The Balaban J connectivity index is 2.26. The van der Waals surface area contributed by atoms with Crippen molar-refractivity contribution in [2.45, 2.75) is 52.0 Å². The van der Waals surface area contributed by atoms with Gasteiger partial charge >= 0.3 is 0 Å². The fourth-order valence-corrected chi connectivity index (χ4v) is 2.33. The van der Waals surface area contributed by atoms with E-state index in [0.29, 0.717) is 0 Å². The molecule has 1 aliphatic carbocycles. The largest absolute Gasteiger partial charge is 0.329 e. The van der Waals surface area contributed by atoms with Crippen LogP contribution in [-0.4, -0.2) is 30.6 Å². The summed E-state index contributed by atoms with van der Waals surface area (Å²) in [6.45, 7) is 7.81. The fraction of sp³-hybridized carbons (Fsp3) is 1.00. The summed E-state index contributed by atoms with van der Waals surface area (Å²) in [5.74, 6) is 0.840. The van der Waals surface area contributed by atoms with Crippen LogP contribution < -0.4 is 5.73 Å². The highest BCUT2D eigenvalue weighted by atomic mass is 15.2. The zero-order chi connectivity index (χ0) is 10.4. The standard InChI is InChI=1S/C12H26N2/c1-3-5-11(2)10-14(9-8-13)12-6-4-7-12/h11-12H,3-10,13H2,1-2H3. The summed E-state index contributed by atoms with van der Waals surface area (Å²) in [4.78, 5) is 2.61. The van der Waals surface area contributed by atoms with Crippen molar-refractivity contribution in [2.24, 2.45) is 11.7 Å². The van der Waals surface area contributed by atoms with Crippen molar-refractivity contribution in [1.29, 1.82) is 0 Å². The molecule has 0 bridgehead atoms. The summed E-state index contributed by atoms with van der Waals surface area (Å²) < 4.78 is 0. The zero-order valence-corrected chi connectivity index (χ0v) is 9.84. The molecular formula is C12H26N2. The minimum absolute atomic E-state index is 0.815. The Labute approximate surface area is 88.8 Å². The van der Waals surface area contributed by atoms with Gasteiger partial charge in [-0.1, -0.05) is 26.7 Å². The normalized spacial score (nSPS) is 19.7. The van der Waals surface area contributed by atoms with Gasteiger partial charge in [0.1, 0.15) is 0 Å². The molecule has 0 aromatic rings. The molecule has 0 spiro atoms. The van der Waals surface area contributed by atoms with Gasteiger partial charge < -0.3 is 5.73 Å². The van der Waals surface area contributed by atoms with Gasteiger partial charge in [-0.2, -0.15) is 0 Å². The van der Waals surface area contributed by atoms with Crippen molar-refractivity contribution < 1.29 is 0 Å². The van der Waals surface area contributed by atoms with Gasteiger partial charge in [-0.25, -0.2) is 0 Å². The predicted octanol–water partition coefficient (Wildman–Crippen LogP) is 2.24. The lowest BCUT2D eigenvalue weighted by Gasteiger charge is -2.38. The third-order valence-electron chi connectivity index (χ3n) is 3.34. The number of rotatable bonds is 7. The van der Waals surface area contributed by atoms with Gasteiger partial charge in [0.2, 0.25) is 0 Å². The maximum Gasteiger partial charge on any atom is 0.0108 e. The molecule has 14 heavy (non-hydrogen) atoms. The Morgan fingerprint density at radius 1 is 1.43 bits per heavy atom. The van der Waals surface area contributed by atoms with Crippen LogP contribution >= 0.6 is 0 Å². The van der Waals surface area contributed by atoms with Gasteiger partial charge in [0, 0.05) is 25.7 Å². The zero-order valence-electron chi connectivity index (χ0n) is 9.84. The van der Waals surface area contributed by atoms with E-state index in [1.165, 1.54) is 38.6 Å². The molecule has 1 fully saturated rings. The molecule has 0 saturated heterocycles. The third-order valence-corrected chi connectivity index (χ3v) is 3.34. The highest BCUT2D eigenvalue weighted by Gasteiger charge is 2.24. The van der Waals surface area contributed by atoms with Crippen molar-refractivity contribution in [3.63, 3.8) is 0 Å². The topological polar surface area (TPSA) is 29.3 Å². The van der Waals surface area contributed by atoms with Gasteiger partial charge in [-0.15, -0.1) is 0 Å². The smallest absolute Gasteiger partial charge is 0.0108 e. The lowest BCUT2D eigenvalue weighted by Crippen LogP contribution is -2.44. The van der Waals surface area contributed by atoms with E-state index >= 15 is 0 Å². The van der Waals surface area contributed by atoms with Gasteiger partial charge in [0.25, 0.3) is 0 Å². The van der Waals surface area contributed by atoms with Crippen LogP contribution in [0.2, 0.25) is 0 Å². The van der Waals surface area contributed by atoms with Crippen LogP contribution in [0.1, 0.15) is 46.0 Å². The van der Waals surface area contributed by atoms with E-state index in [1.807, 2.05) is 0 Å². The first-order valence-corrected chi connectivity index (χ1v) is 6.22. The van der Waals surface area contributed by atoms with E-state index in [4.69, 9.17) is 5.73 Å². The Bertz CT molecular complexity index is 143. The second kappa shape index (κ2) is 6.41. The van der Waals surface area contributed by atoms with Gasteiger partial charge in [-0.3, -0.25) is 4.90 Å². The predicted molar refractivity (Wildman–Crippen MR) is 62.3 cm³/mol. The minimum Gasteiger partial charge on any atom is -0.329 e. The van der Waals surface area contributed by atoms with Gasteiger partial charge in [0.15, 0.2) is 0 Å². The van der Waals surface area contributed by atoms with Crippen molar-refractivity contribution >= 4 is 0 Å². The Morgan fingerprint density at radius 2 is 2.14 bits per heavy atom. The summed E-state index contributed by atoms with van der Waals surface area (Å²) in [5.41, 5.74) is 5.65. The Morgan fingerprint density at radius 3 is 2.57 bits per heavy atom. The van der Waals surface area contributed by atoms with E-state index in [0.717, 1.165) is 25.0 Å². The number of nitrogens with zero attached hydrogens (tertiary/aromatic N) is 1. The summed E-state index contributed by atoms with van der Waals surface area (Å²) in [5, 5.41) is 0. The first-order valence-electron chi connectivity index (χ1n) is 6.22. The van der Waals surface area contributed by atoms with Crippen LogP contribution in [-0.2, 0) is 0 Å².